The number of hydrogen-bond acceptors (Lipinski definition) is 4. The van der Waals surface area contributed by atoms with E-state index in [1.165, 1.54) is 0 Å². The van der Waals surface area contributed by atoms with Crippen molar-refractivity contribution < 1.29 is 19.4 Å². The zero-order chi connectivity index (χ0) is 14.3. The molecule has 2 N–H and O–H groups in total. The fraction of sp³-hybridized carbons (Fsp3) is 0.500. The second-order valence-corrected chi connectivity index (χ2v) is 4.87. The molecule has 0 saturated carbocycles. The van der Waals surface area contributed by atoms with E-state index >= 15 is 0 Å². The first kappa shape index (κ1) is 15.5. The fourth-order valence-corrected chi connectivity index (χ4v) is 1.39. The van der Waals surface area contributed by atoms with Crippen molar-refractivity contribution in [3.63, 3.8) is 0 Å². The van der Waals surface area contributed by atoms with Crippen molar-refractivity contribution in [1.29, 1.82) is 0 Å². The highest BCUT2D eigenvalue weighted by Crippen LogP contribution is 2.14. The van der Waals surface area contributed by atoms with Crippen molar-refractivity contribution in [2.45, 2.75) is 19.4 Å². The minimum absolute atomic E-state index is 0.122. The number of aliphatic hydroxyl groups excluding tert-OH is 1. The third kappa shape index (κ3) is 5.28. The molecule has 0 spiro atoms. The van der Waals surface area contributed by atoms with Gasteiger partial charge in [-0.3, -0.25) is 4.79 Å². The lowest BCUT2D eigenvalue weighted by molar-refractivity contribution is 0.0868. The van der Waals surface area contributed by atoms with Gasteiger partial charge in [0.15, 0.2) is 0 Å². The maximum Gasteiger partial charge on any atom is 0.251 e. The van der Waals surface area contributed by atoms with Crippen molar-refractivity contribution in [2.24, 2.45) is 0 Å². The molecular weight excluding hydrogens is 246 g/mol. The summed E-state index contributed by atoms with van der Waals surface area (Å²) in [5, 5.41) is 11.9. The maximum absolute atomic E-state index is 12.0. The molecular formula is C14H21NO4. The summed E-state index contributed by atoms with van der Waals surface area (Å²) < 4.78 is 10.3. The molecule has 5 nitrogen and oxygen atoms in total. The lowest BCUT2D eigenvalue weighted by Crippen LogP contribution is -2.46. The Balaban J connectivity index is 2.67. The number of nitrogens with one attached hydrogen (secondary N) is 1. The number of amides is 1. The minimum Gasteiger partial charge on any atom is -0.491 e. The van der Waals surface area contributed by atoms with Crippen LogP contribution in [0.15, 0.2) is 24.3 Å². The number of aliphatic hydroxyl groups is 1. The third-order valence-corrected chi connectivity index (χ3v) is 2.50. The first-order chi connectivity index (χ1) is 8.98. The van der Waals surface area contributed by atoms with Crippen LogP contribution >= 0.6 is 0 Å². The first-order valence-corrected chi connectivity index (χ1v) is 6.13. The van der Waals surface area contributed by atoms with E-state index in [4.69, 9.17) is 14.6 Å². The minimum atomic E-state index is -0.649. The third-order valence-electron chi connectivity index (χ3n) is 2.50. The van der Waals surface area contributed by atoms with Gasteiger partial charge < -0.3 is 19.9 Å². The number of rotatable bonds is 7. The highest BCUT2D eigenvalue weighted by atomic mass is 16.5. The molecule has 0 aliphatic rings. The van der Waals surface area contributed by atoms with Gasteiger partial charge in [-0.2, -0.15) is 0 Å². The zero-order valence-corrected chi connectivity index (χ0v) is 11.6. The lowest BCUT2D eigenvalue weighted by Gasteiger charge is -2.23. The van der Waals surface area contributed by atoms with Gasteiger partial charge in [-0.15, -0.1) is 0 Å². The van der Waals surface area contributed by atoms with E-state index in [1.807, 2.05) is 0 Å². The highest BCUT2D eigenvalue weighted by Gasteiger charge is 2.20. The van der Waals surface area contributed by atoms with Crippen LogP contribution in [-0.2, 0) is 4.74 Å². The van der Waals surface area contributed by atoms with Crippen molar-refractivity contribution in [1.82, 2.24) is 5.32 Å². The molecule has 1 rings (SSSR count). The summed E-state index contributed by atoms with van der Waals surface area (Å²) in [4.78, 5) is 12.0. The van der Waals surface area contributed by atoms with Crippen molar-refractivity contribution in [3.05, 3.63) is 29.8 Å². The quantitative estimate of drug-likeness (QED) is 0.729. The summed E-state index contributed by atoms with van der Waals surface area (Å²) in [5.41, 5.74) is -0.152. The number of carbonyl (C=O) groups is 1. The Morgan fingerprint density at radius 1 is 1.37 bits per heavy atom. The van der Waals surface area contributed by atoms with Gasteiger partial charge in [-0.05, 0) is 32.0 Å². The smallest absolute Gasteiger partial charge is 0.251 e. The summed E-state index contributed by atoms with van der Waals surface area (Å²) in [6, 6.07) is 6.90. The van der Waals surface area contributed by atoms with Gasteiger partial charge in [0.05, 0.1) is 18.8 Å². The molecule has 0 aliphatic heterocycles. The summed E-state index contributed by atoms with van der Waals surface area (Å²) >= 11 is 0. The van der Waals surface area contributed by atoms with Crippen LogP contribution in [0.2, 0.25) is 0 Å². The number of benzene rings is 1. The van der Waals surface area contributed by atoms with Crippen molar-refractivity contribution >= 4 is 5.91 Å². The molecule has 0 saturated heterocycles. The standard InChI is InChI=1S/C14H21NO4/c1-14(2,10-16)15-13(17)11-5-4-6-12(9-11)19-8-7-18-3/h4-6,9,16H,7-8,10H2,1-3H3,(H,15,17). The Morgan fingerprint density at radius 3 is 2.74 bits per heavy atom. The summed E-state index contributed by atoms with van der Waals surface area (Å²) in [6.45, 7) is 4.31. The Labute approximate surface area is 113 Å². The van der Waals surface area contributed by atoms with E-state index in [9.17, 15) is 4.79 Å². The topological polar surface area (TPSA) is 67.8 Å². The molecule has 0 heterocycles. The summed E-state index contributed by atoms with van der Waals surface area (Å²) in [6.07, 6.45) is 0. The average Bonchev–Trinajstić information content (AvgIpc) is 2.39. The zero-order valence-electron chi connectivity index (χ0n) is 11.6. The normalized spacial score (nSPS) is 11.2. The molecule has 106 valence electrons. The number of hydrogen-bond donors (Lipinski definition) is 2. The second-order valence-electron chi connectivity index (χ2n) is 4.87. The van der Waals surface area contributed by atoms with Gasteiger partial charge >= 0.3 is 0 Å². The van der Waals surface area contributed by atoms with E-state index < -0.39 is 5.54 Å². The van der Waals surface area contributed by atoms with Gasteiger partial charge in [0, 0.05) is 12.7 Å². The molecule has 0 unspecified atom stereocenters. The summed E-state index contributed by atoms with van der Waals surface area (Å²) in [7, 11) is 1.60. The van der Waals surface area contributed by atoms with Crippen molar-refractivity contribution in [2.75, 3.05) is 26.9 Å². The van der Waals surface area contributed by atoms with E-state index in [2.05, 4.69) is 5.32 Å². The highest BCUT2D eigenvalue weighted by molar-refractivity contribution is 5.95. The van der Waals surface area contributed by atoms with Crippen LogP contribution in [0.1, 0.15) is 24.2 Å². The van der Waals surface area contributed by atoms with E-state index in [-0.39, 0.29) is 12.5 Å². The molecule has 5 heteroatoms. The largest absolute Gasteiger partial charge is 0.491 e. The molecule has 0 radical (unpaired) electrons. The average molecular weight is 267 g/mol. The number of ether oxygens (including phenoxy) is 2. The molecule has 0 fully saturated rings. The number of methoxy groups -OCH3 is 1. The van der Waals surface area contributed by atoms with Crippen molar-refractivity contribution in [3.8, 4) is 5.75 Å². The van der Waals surface area contributed by atoms with E-state index in [0.717, 1.165) is 0 Å². The van der Waals surface area contributed by atoms with Gasteiger partial charge in [-0.1, -0.05) is 6.07 Å². The molecule has 1 aromatic rings. The molecule has 0 aromatic heterocycles. The van der Waals surface area contributed by atoms with E-state index in [0.29, 0.717) is 24.5 Å². The monoisotopic (exact) mass is 267 g/mol. The predicted molar refractivity (Wildman–Crippen MR) is 72.4 cm³/mol. The molecule has 0 bridgehead atoms. The van der Waals surface area contributed by atoms with Crippen LogP contribution in [0, 0.1) is 0 Å². The van der Waals surface area contributed by atoms with Crippen LogP contribution in [0.25, 0.3) is 0 Å². The first-order valence-electron chi connectivity index (χ1n) is 6.13. The van der Waals surface area contributed by atoms with Gasteiger partial charge in [0.1, 0.15) is 12.4 Å². The number of carbonyl (C=O) groups excluding carboxylic acids is 1. The molecule has 0 aliphatic carbocycles. The van der Waals surface area contributed by atoms with Gasteiger partial charge in [-0.25, -0.2) is 0 Å². The van der Waals surface area contributed by atoms with E-state index in [1.54, 1.807) is 45.2 Å². The fourth-order valence-electron chi connectivity index (χ4n) is 1.39. The van der Waals surface area contributed by atoms with Crippen LogP contribution in [0.5, 0.6) is 5.75 Å². The molecule has 1 amide bonds. The van der Waals surface area contributed by atoms with Crippen LogP contribution in [0.3, 0.4) is 0 Å². The van der Waals surface area contributed by atoms with Crippen LogP contribution in [0.4, 0.5) is 0 Å². The Bertz CT molecular complexity index is 418. The second kappa shape index (κ2) is 7.11. The lowest BCUT2D eigenvalue weighted by atomic mass is 10.1. The summed E-state index contributed by atoms with van der Waals surface area (Å²) in [5.74, 6) is 0.378. The van der Waals surface area contributed by atoms with Gasteiger partial charge in [0.25, 0.3) is 5.91 Å². The Hall–Kier alpha value is -1.59. The maximum atomic E-state index is 12.0. The van der Waals surface area contributed by atoms with Crippen LogP contribution in [-0.4, -0.2) is 43.5 Å². The molecule has 0 atom stereocenters. The van der Waals surface area contributed by atoms with Gasteiger partial charge in [0.2, 0.25) is 0 Å². The molecule has 19 heavy (non-hydrogen) atoms. The SMILES string of the molecule is COCCOc1cccc(C(=O)NC(C)(C)CO)c1. The Morgan fingerprint density at radius 2 is 2.11 bits per heavy atom. The van der Waals surface area contributed by atoms with Crippen LogP contribution < -0.4 is 10.1 Å². The Kier molecular flexibility index (Phi) is 5.79. The molecule has 1 aromatic carbocycles. The predicted octanol–water partition coefficient (Wildman–Crippen LogP) is 1.21.